The van der Waals surface area contributed by atoms with Gasteiger partial charge in [0.25, 0.3) is 5.91 Å². The van der Waals surface area contributed by atoms with Crippen molar-refractivity contribution in [1.82, 2.24) is 4.90 Å². The highest BCUT2D eigenvalue weighted by Crippen LogP contribution is 2.21. The summed E-state index contributed by atoms with van der Waals surface area (Å²) in [4.78, 5) is 17.1. The van der Waals surface area contributed by atoms with Gasteiger partial charge >= 0.3 is 0 Å². The molecule has 6 heteroatoms. The van der Waals surface area contributed by atoms with Crippen molar-refractivity contribution < 1.29 is 4.79 Å². The van der Waals surface area contributed by atoms with Crippen LogP contribution in [0.1, 0.15) is 17.3 Å². The third kappa shape index (κ3) is 4.88. The van der Waals surface area contributed by atoms with Gasteiger partial charge in [-0.1, -0.05) is 30.7 Å². The van der Waals surface area contributed by atoms with E-state index in [0.717, 1.165) is 38.4 Å². The number of carbonyl (C=O) groups is 1. The number of hydrogen-bond acceptors (Lipinski definition) is 3. The molecule has 0 aromatic heterocycles. The molecule has 1 amide bonds. The number of amides is 1. The van der Waals surface area contributed by atoms with Gasteiger partial charge in [-0.3, -0.25) is 4.79 Å². The van der Waals surface area contributed by atoms with Crippen molar-refractivity contribution in [2.24, 2.45) is 0 Å². The van der Waals surface area contributed by atoms with E-state index in [1.54, 1.807) is 18.2 Å². The van der Waals surface area contributed by atoms with Crippen molar-refractivity contribution in [1.29, 1.82) is 0 Å². The number of hydrogen-bond donors (Lipinski definition) is 1. The topological polar surface area (TPSA) is 35.6 Å². The van der Waals surface area contributed by atoms with Crippen molar-refractivity contribution in [3.8, 4) is 0 Å². The number of nitrogens with one attached hydrogen (secondary N) is 1. The minimum Gasteiger partial charge on any atom is -0.369 e. The second kappa shape index (κ2) is 9.09. The first-order valence-electron chi connectivity index (χ1n) is 8.30. The Morgan fingerprint density at radius 2 is 1.68 bits per heavy atom. The van der Waals surface area contributed by atoms with Crippen molar-refractivity contribution in [3.63, 3.8) is 0 Å². The van der Waals surface area contributed by atoms with E-state index in [9.17, 15) is 4.79 Å². The van der Waals surface area contributed by atoms with Crippen LogP contribution < -0.4 is 10.2 Å². The molecule has 0 saturated carbocycles. The minimum absolute atomic E-state index is 0. The molecule has 1 fully saturated rings. The standard InChI is InChI=1S/C19H22ClN3O.ClH/c1-2-22-11-13-23(14-12-22)16-9-7-15(8-10-16)21-19(24)17-5-3-4-6-18(17)20;/h3-10H,2,11-14H2,1H3,(H,21,24);1H. The van der Waals surface area contributed by atoms with Crippen LogP contribution in [0.2, 0.25) is 5.02 Å². The van der Waals surface area contributed by atoms with Gasteiger partial charge < -0.3 is 15.1 Å². The number of anilines is 2. The molecule has 3 rings (SSSR count). The van der Waals surface area contributed by atoms with Crippen LogP contribution >= 0.6 is 24.0 Å². The van der Waals surface area contributed by atoms with Gasteiger partial charge in [-0.25, -0.2) is 0 Å². The molecule has 0 radical (unpaired) electrons. The van der Waals surface area contributed by atoms with Gasteiger partial charge in [-0.2, -0.15) is 0 Å². The van der Waals surface area contributed by atoms with Crippen LogP contribution in [-0.2, 0) is 0 Å². The largest absolute Gasteiger partial charge is 0.369 e. The molecule has 134 valence electrons. The number of rotatable bonds is 4. The summed E-state index contributed by atoms with van der Waals surface area (Å²) in [6, 6.07) is 15.1. The number of benzene rings is 2. The molecule has 0 aliphatic carbocycles. The second-order valence-electron chi connectivity index (χ2n) is 5.90. The van der Waals surface area contributed by atoms with Crippen LogP contribution in [0.4, 0.5) is 11.4 Å². The Bertz CT molecular complexity index is 698. The highest BCUT2D eigenvalue weighted by Gasteiger charge is 2.16. The summed E-state index contributed by atoms with van der Waals surface area (Å²) in [6.07, 6.45) is 0. The molecule has 25 heavy (non-hydrogen) atoms. The molecular formula is C19H23Cl2N3O. The Labute approximate surface area is 160 Å². The van der Waals surface area contributed by atoms with E-state index >= 15 is 0 Å². The summed E-state index contributed by atoms with van der Waals surface area (Å²) < 4.78 is 0. The van der Waals surface area contributed by atoms with Crippen LogP contribution in [0, 0.1) is 0 Å². The molecule has 2 aromatic carbocycles. The van der Waals surface area contributed by atoms with Gasteiger partial charge in [0, 0.05) is 37.6 Å². The highest BCUT2D eigenvalue weighted by atomic mass is 35.5. The maximum atomic E-state index is 12.3. The second-order valence-corrected chi connectivity index (χ2v) is 6.31. The van der Waals surface area contributed by atoms with Gasteiger partial charge in [-0.15, -0.1) is 12.4 Å². The molecule has 0 atom stereocenters. The van der Waals surface area contributed by atoms with Crippen molar-refractivity contribution in [2.75, 3.05) is 42.9 Å². The van der Waals surface area contributed by atoms with Crippen LogP contribution in [-0.4, -0.2) is 43.5 Å². The van der Waals surface area contributed by atoms with Crippen LogP contribution in [0.25, 0.3) is 0 Å². The Morgan fingerprint density at radius 3 is 2.28 bits per heavy atom. The SMILES string of the molecule is CCN1CCN(c2ccc(NC(=O)c3ccccc3Cl)cc2)CC1.Cl. The van der Waals surface area contributed by atoms with E-state index in [-0.39, 0.29) is 18.3 Å². The molecule has 1 aliphatic heterocycles. The summed E-state index contributed by atoms with van der Waals surface area (Å²) in [6.45, 7) is 7.59. The number of carbonyl (C=O) groups excluding carboxylic acids is 1. The summed E-state index contributed by atoms with van der Waals surface area (Å²) in [5.74, 6) is -0.190. The molecule has 4 nitrogen and oxygen atoms in total. The van der Waals surface area contributed by atoms with Crippen LogP contribution in [0.15, 0.2) is 48.5 Å². The lowest BCUT2D eigenvalue weighted by molar-refractivity contribution is 0.102. The lowest BCUT2D eigenvalue weighted by atomic mass is 10.2. The fourth-order valence-electron chi connectivity index (χ4n) is 2.92. The summed E-state index contributed by atoms with van der Waals surface area (Å²) >= 11 is 6.06. The van der Waals surface area contributed by atoms with Crippen LogP contribution in [0.3, 0.4) is 0 Å². The van der Waals surface area contributed by atoms with Gasteiger partial charge in [0.2, 0.25) is 0 Å². The van der Waals surface area contributed by atoms with Crippen molar-refractivity contribution in [3.05, 3.63) is 59.1 Å². The Morgan fingerprint density at radius 1 is 1.04 bits per heavy atom. The maximum Gasteiger partial charge on any atom is 0.257 e. The maximum absolute atomic E-state index is 12.3. The molecular weight excluding hydrogens is 357 g/mol. The number of halogens is 2. The molecule has 1 saturated heterocycles. The van der Waals surface area contributed by atoms with E-state index in [1.807, 2.05) is 18.2 Å². The Kier molecular flexibility index (Phi) is 7.12. The summed E-state index contributed by atoms with van der Waals surface area (Å²) in [5.41, 5.74) is 2.45. The van der Waals surface area contributed by atoms with Gasteiger partial charge in [0.1, 0.15) is 0 Å². The highest BCUT2D eigenvalue weighted by molar-refractivity contribution is 6.34. The van der Waals surface area contributed by atoms with E-state index in [2.05, 4.69) is 34.2 Å². The van der Waals surface area contributed by atoms with E-state index in [1.165, 1.54) is 5.69 Å². The minimum atomic E-state index is -0.190. The van der Waals surface area contributed by atoms with Gasteiger partial charge in [0.05, 0.1) is 10.6 Å². The normalized spacial score (nSPS) is 14.7. The predicted molar refractivity (Wildman–Crippen MR) is 107 cm³/mol. The van der Waals surface area contributed by atoms with E-state index in [4.69, 9.17) is 11.6 Å². The fraction of sp³-hybridized carbons (Fsp3) is 0.316. The smallest absolute Gasteiger partial charge is 0.257 e. The molecule has 1 N–H and O–H groups in total. The van der Waals surface area contributed by atoms with Gasteiger partial charge in [0.15, 0.2) is 0 Å². The first-order chi connectivity index (χ1) is 11.7. The molecule has 0 unspecified atom stereocenters. The van der Waals surface area contributed by atoms with E-state index < -0.39 is 0 Å². The average Bonchev–Trinajstić information content (AvgIpc) is 2.63. The van der Waals surface area contributed by atoms with Crippen LogP contribution in [0.5, 0.6) is 0 Å². The zero-order valence-electron chi connectivity index (χ0n) is 14.2. The lowest BCUT2D eigenvalue weighted by Crippen LogP contribution is -2.46. The van der Waals surface area contributed by atoms with E-state index in [0.29, 0.717) is 10.6 Å². The molecule has 0 spiro atoms. The average molecular weight is 380 g/mol. The molecule has 2 aromatic rings. The number of nitrogens with zero attached hydrogens (tertiary/aromatic N) is 2. The first-order valence-corrected chi connectivity index (χ1v) is 8.68. The Hall–Kier alpha value is -1.75. The van der Waals surface area contributed by atoms with Crippen molar-refractivity contribution in [2.45, 2.75) is 6.92 Å². The number of piperazine rings is 1. The monoisotopic (exact) mass is 379 g/mol. The third-order valence-electron chi connectivity index (χ3n) is 4.43. The molecule has 1 heterocycles. The third-order valence-corrected chi connectivity index (χ3v) is 4.76. The predicted octanol–water partition coefficient (Wildman–Crippen LogP) is 4.16. The zero-order chi connectivity index (χ0) is 16.9. The molecule has 0 bridgehead atoms. The Balaban J connectivity index is 0.00000225. The first kappa shape index (κ1) is 19.6. The zero-order valence-corrected chi connectivity index (χ0v) is 15.8. The van der Waals surface area contributed by atoms with Crippen molar-refractivity contribution >= 4 is 41.3 Å². The summed E-state index contributed by atoms with van der Waals surface area (Å²) in [5, 5.41) is 3.35. The van der Waals surface area contributed by atoms with Gasteiger partial charge in [-0.05, 0) is 42.9 Å². The summed E-state index contributed by atoms with van der Waals surface area (Å²) in [7, 11) is 0. The number of likely N-dealkylation sites (N-methyl/N-ethyl adjacent to an activating group) is 1. The lowest BCUT2D eigenvalue weighted by Gasteiger charge is -2.35. The quantitative estimate of drug-likeness (QED) is 0.866. The fourth-order valence-corrected chi connectivity index (χ4v) is 3.14. The molecule has 1 aliphatic rings.